The quantitative estimate of drug-likeness (QED) is 0.320. The van der Waals surface area contributed by atoms with E-state index in [1.54, 1.807) is 0 Å². The fourth-order valence-electron chi connectivity index (χ4n) is 3.20. The van der Waals surface area contributed by atoms with E-state index in [0.717, 1.165) is 32.1 Å². The summed E-state index contributed by atoms with van der Waals surface area (Å²) >= 11 is 0. The molecule has 1 heterocycles. The van der Waals surface area contributed by atoms with Gasteiger partial charge in [0.05, 0.1) is 6.54 Å². The molecule has 1 saturated heterocycles. The molecule has 2 N–H and O–H groups in total. The van der Waals surface area contributed by atoms with Gasteiger partial charge in [0.25, 0.3) is 0 Å². The molecule has 0 aromatic rings. The summed E-state index contributed by atoms with van der Waals surface area (Å²) in [5.41, 5.74) is 0. The van der Waals surface area contributed by atoms with E-state index in [2.05, 4.69) is 55.1 Å². The zero-order chi connectivity index (χ0) is 17.1. The number of halogens is 1. The predicted molar refractivity (Wildman–Crippen MR) is 117 cm³/mol. The second-order valence-corrected chi connectivity index (χ2v) is 6.74. The van der Waals surface area contributed by atoms with E-state index in [1.165, 1.54) is 38.9 Å². The van der Waals surface area contributed by atoms with Crippen molar-refractivity contribution in [1.29, 1.82) is 0 Å². The van der Waals surface area contributed by atoms with Gasteiger partial charge in [-0.25, -0.2) is 0 Å². The highest BCUT2D eigenvalue weighted by molar-refractivity contribution is 14.0. The molecular weight excluding hydrogens is 413 g/mol. The molecule has 1 aliphatic heterocycles. The van der Waals surface area contributed by atoms with Crippen molar-refractivity contribution in [1.82, 2.24) is 20.4 Å². The van der Waals surface area contributed by atoms with Crippen LogP contribution in [0.15, 0.2) is 4.99 Å². The lowest BCUT2D eigenvalue weighted by Gasteiger charge is -2.33. The van der Waals surface area contributed by atoms with Crippen LogP contribution in [-0.4, -0.2) is 73.7 Å². The van der Waals surface area contributed by atoms with Crippen LogP contribution < -0.4 is 10.6 Å². The number of piperidine rings is 1. The molecule has 0 unspecified atom stereocenters. The summed E-state index contributed by atoms with van der Waals surface area (Å²) in [5.74, 6) is 0.987. The van der Waals surface area contributed by atoms with E-state index >= 15 is 0 Å². The minimum Gasteiger partial charge on any atom is -0.357 e. The number of likely N-dealkylation sites (N-methyl/N-ethyl adjacent to an activating group) is 1. The first-order valence-electron chi connectivity index (χ1n) is 9.61. The third-order valence-corrected chi connectivity index (χ3v) is 4.61. The summed E-state index contributed by atoms with van der Waals surface area (Å²) in [6.45, 7) is 18.7. The number of hydrogen-bond donors (Lipinski definition) is 2. The van der Waals surface area contributed by atoms with Crippen molar-refractivity contribution < 1.29 is 0 Å². The highest BCUT2D eigenvalue weighted by Crippen LogP contribution is 2.10. The summed E-state index contributed by atoms with van der Waals surface area (Å²) < 4.78 is 0. The third kappa shape index (κ3) is 9.42. The van der Waals surface area contributed by atoms with E-state index in [-0.39, 0.29) is 24.0 Å². The number of nitrogens with one attached hydrogen (secondary N) is 2. The molecule has 0 bridgehead atoms. The fourth-order valence-corrected chi connectivity index (χ4v) is 3.20. The zero-order valence-corrected chi connectivity index (χ0v) is 18.8. The lowest BCUT2D eigenvalue weighted by atomic mass is 10.1. The van der Waals surface area contributed by atoms with Gasteiger partial charge in [0.2, 0.25) is 0 Å². The smallest absolute Gasteiger partial charge is 0.191 e. The van der Waals surface area contributed by atoms with Crippen LogP contribution in [-0.2, 0) is 0 Å². The minimum absolute atomic E-state index is 0. The molecule has 0 aromatic heterocycles. The molecule has 0 saturated carbocycles. The molecule has 144 valence electrons. The van der Waals surface area contributed by atoms with Crippen molar-refractivity contribution in [3.8, 4) is 0 Å². The Labute approximate surface area is 167 Å². The summed E-state index contributed by atoms with van der Waals surface area (Å²) in [6.07, 6.45) is 3.70. The number of nitrogens with zero attached hydrogens (tertiary/aromatic N) is 3. The van der Waals surface area contributed by atoms with Crippen molar-refractivity contribution in [2.45, 2.75) is 66.0 Å². The molecule has 1 aliphatic rings. The summed E-state index contributed by atoms with van der Waals surface area (Å²) in [5, 5.41) is 7.03. The first-order valence-corrected chi connectivity index (χ1v) is 9.61. The van der Waals surface area contributed by atoms with Crippen molar-refractivity contribution in [3.63, 3.8) is 0 Å². The number of hydrogen-bond acceptors (Lipinski definition) is 3. The van der Waals surface area contributed by atoms with Gasteiger partial charge in [-0.3, -0.25) is 9.89 Å². The molecule has 0 aliphatic carbocycles. The van der Waals surface area contributed by atoms with Crippen molar-refractivity contribution >= 4 is 29.9 Å². The maximum Gasteiger partial charge on any atom is 0.191 e. The van der Waals surface area contributed by atoms with Crippen LogP contribution in [0.4, 0.5) is 0 Å². The van der Waals surface area contributed by atoms with Gasteiger partial charge in [-0.15, -0.1) is 24.0 Å². The first-order chi connectivity index (χ1) is 11.1. The predicted octanol–water partition coefficient (Wildman–Crippen LogP) is 2.76. The molecule has 24 heavy (non-hydrogen) atoms. The Morgan fingerprint density at radius 2 is 1.88 bits per heavy atom. The van der Waals surface area contributed by atoms with Gasteiger partial charge in [-0.05, 0) is 53.1 Å². The molecular formula is C18H40IN5. The van der Waals surface area contributed by atoms with Gasteiger partial charge in [-0.2, -0.15) is 0 Å². The molecule has 0 aromatic carbocycles. The van der Waals surface area contributed by atoms with Crippen molar-refractivity contribution in [2.75, 3.05) is 45.8 Å². The Balaban J connectivity index is 0.00000529. The minimum atomic E-state index is 0. The van der Waals surface area contributed by atoms with E-state index in [0.29, 0.717) is 12.1 Å². The number of aliphatic imine (C=N–C) groups is 1. The van der Waals surface area contributed by atoms with Crippen LogP contribution in [0, 0.1) is 0 Å². The van der Waals surface area contributed by atoms with Crippen molar-refractivity contribution in [3.05, 3.63) is 0 Å². The molecule has 0 spiro atoms. The van der Waals surface area contributed by atoms with Gasteiger partial charge < -0.3 is 15.5 Å². The lowest BCUT2D eigenvalue weighted by Crippen LogP contribution is -2.49. The highest BCUT2D eigenvalue weighted by Gasteiger charge is 2.19. The van der Waals surface area contributed by atoms with Crippen LogP contribution >= 0.6 is 24.0 Å². The Kier molecular flexibility index (Phi) is 14.1. The van der Waals surface area contributed by atoms with Crippen LogP contribution in [0.2, 0.25) is 0 Å². The Bertz CT molecular complexity index is 327. The second kappa shape index (κ2) is 14.1. The number of rotatable bonds is 9. The van der Waals surface area contributed by atoms with E-state index in [4.69, 9.17) is 4.99 Å². The molecule has 0 amide bonds. The fraction of sp³-hybridized carbons (Fsp3) is 0.944. The van der Waals surface area contributed by atoms with Crippen LogP contribution in [0.3, 0.4) is 0 Å². The molecule has 0 atom stereocenters. The lowest BCUT2D eigenvalue weighted by molar-refractivity contribution is 0.206. The Morgan fingerprint density at radius 3 is 2.38 bits per heavy atom. The van der Waals surface area contributed by atoms with E-state index in [1.807, 2.05) is 0 Å². The molecule has 1 rings (SSSR count). The summed E-state index contributed by atoms with van der Waals surface area (Å²) in [4.78, 5) is 9.80. The molecule has 6 heteroatoms. The summed E-state index contributed by atoms with van der Waals surface area (Å²) in [7, 11) is 0. The van der Waals surface area contributed by atoms with E-state index in [9.17, 15) is 0 Å². The SMILES string of the molecule is CCCN1CCC(NC(=NCCN(CC)C(C)C)NCC)CC1.I. The van der Waals surface area contributed by atoms with Gasteiger partial charge in [0, 0.05) is 38.3 Å². The maximum absolute atomic E-state index is 4.77. The first kappa shape index (κ1) is 23.9. The third-order valence-electron chi connectivity index (χ3n) is 4.61. The largest absolute Gasteiger partial charge is 0.357 e. The monoisotopic (exact) mass is 453 g/mol. The summed E-state index contributed by atoms with van der Waals surface area (Å²) in [6, 6.07) is 1.15. The second-order valence-electron chi connectivity index (χ2n) is 6.74. The van der Waals surface area contributed by atoms with Crippen molar-refractivity contribution in [2.24, 2.45) is 4.99 Å². The number of likely N-dealkylation sites (tertiary alicyclic amines) is 1. The highest BCUT2D eigenvalue weighted by atomic mass is 127. The van der Waals surface area contributed by atoms with E-state index < -0.39 is 0 Å². The van der Waals surface area contributed by atoms with Crippen LogP contribution in [0.5, 0.6) is 0 Å². The van der Waals surface area contributed by atoms with Gasteiger partial charge in [0.1, 0.15) is 0 Å². The number of guanidine groups is 1. The average Bonchev–Trinajstić information content (AvgIpc) is 2.53. The Hall–Kier alpha value is -0.0800. The van der Waals surface area contributed by atoms with Gasteiger partial charge in [0.15, 0.2) is 5.96 Å². The molecule has 5 nitrogen and oxygen atoms in total. The standard InChI is InChI=1S/C18H39N5.HI/c1-6-12-22-13-9-17(10-14-22)21-18(19-7-2)20-11-15-23(8-3)16(4)5;/h16-17H,6-15H2,1-5H3,(H2,19,20,21);1H. The Morgan fingerprint density at radius 1 is 1.21 bits per heavy atom. The topological polar surface area (TPSA) is 42.9 Å². The molecule has 1 fully saturated rings. The van der Waals surface area contributed by atoms with Gasteiger partial charge in [-0.1, -0.05) is 13.8 Å². The van der Waals surface area contributed by atoms with Crippen LogP contribution in [0.25, 0.3) is 0 Å². The van der Waals surface area contributed by atoms with Crippen LogP contribution in [0.1, 0.15) is 53.9 Å². The zero-order valence-electron chi connectivity index (χ0n) is 16.5. The maximum atomic E-state index is 4.77. The molecule has 0 radical (unpaired) electrons. The normalized spacial score (nSPS) is 17.2. The average molecular weight is 453 g/mol. The van der Waals surface area contributed by atoms with Gasteiger partial charge >= 0.3 is 0 Å².